The van der Waals surface area contributed by atoms with Gasteiger partial charge in [-0.05, 0) is 44.0 Å². The summed E-state index contributed by atoms with van der Waals surface area (Å²) in [6.07, 6.45) is 3.98. The lowest BCUT2D eigenvalue weighted by Crippen LogP contribution is -2.01. The van der Waals surface area contributed by atoms with Crippen LogP contribution in [0.1, 0.15) is 35.7 Å². The Kier molecular flexibility index (Phi) is 6.60. The molecular formula is C21H22N2O4S. The molecule has 0 atom stereocenters. The minimum atomic E-state index is -0.494. The highest BCUT2D eigenvalue weighted by molar-refractivity contribution is 7.15. The first-order valence-electron chi connectivity index (χ1n) is 9.09. The van der Waals surface area contributed by atoms with Gasteiger partial charge in [-0.25, -0.2) is 4.79 Å². The fourth-order valence-electron chi connectivity index (χ4n) is 2.63. The number of rotatable bonds is 8. The van der Waals surface area contributed by atoms with Crippen molar-refractivity contribution in [3.05, 3.63) is 58.3 Å². The first-order valence-corrected chi connectivity index (χ1v) is 9.91. The smallest absolute Gasteiger partial charge is 0.331 e. The van der Waals surface area contributed by atoms with Crippen molar-refractivity contribution in [3.63, 3.8) is 0 Å². The third-order valence-corrected chi connectivity index (χ3v) is 5.34. The number of para-hydroxylation sites is 1. The summed E-state index contributed by atoms with van der Waals surface area (Å²) in [5, 5.41) is 8.00. The van der Waals surface area contributed by atoms with Gasteiger partial charge in [-0.2, -0.15) is 0 Å². The van der Waals surface area contributed by atoms with Gasteiger partial charge in [0.15, 0.2) is 6.61 Å². The Morgan fingerprint density at radius 2 is 2.07 bits per heavy atom. The topological polar surface area (TPSA) is 74.5 Å². The van der Waals surface area contributed by atoms with E-state index in [1.165, 1.54) is 16.5 Å². The van der Waals surface area contributed by atoms with E-state index in [2.05, 4.69) is 24.0 Å². The summed E-state index contributed by atoms with van der Waals surface area (Å²) in [5.74, 6) is 0.926. The maximum atomic E-state index is 12.0. The number of nitrogens with zero attached hydrogens (tertiary/aromatic N) is 2. The van der Waals surface area contributed by atoms with Gasteiger partial charge in [0.05, 0.1) is 11.5 Å². The fraction of sp³-hybridized carbons (Fsp3) is 0.286. The quantitative estimate of drug-likeness (QED) is 0.400. The number of carbonyl (C=O) groups excluding carboxylic acids is 1. The van der Waals surface area contributed by atoms with Crippen molar-refractivity contribution in [1.82, 2.24) is 10.2 Å². The molecule has 146 valence electrons. The van der Waals surface area contributed by atoms with Crippen LogP contribution >= 0.6 is 11.3 Å². The third-order valence-electron chi connectivity index (χ3n) is 3.98. The van der Waals surface area contributed by atoms with Gasteiger partial charge in [0, 0.05) is 16.5 Å². The van der Waals surface area contributed by atoms with Crippen LogP contribution in [0, 0.1) is 6.92 Å². The number of aromatic nitrogens is 2. The average Bonchev–Trinajstić information content (AvgIpc) is 3.32. The Morgan fingerprint density at radius 3 is 2.82 bits per heavy atom. The van der Waals surface area contributed by atoms with Gasteiger partial charge in [-0.15, -0.1) is 21.5 Å². The molecule has 7 heteroatoms. The van der Waals surface area contributed by atoms with Gasteiger partial charge in [0.2, 0.25) is 0 Å². The summed E-state index contributed by atoms with van der Waals surface area (Å²) >= 11 is 1.63. The van der Waals surface area contributed by atoms with E-state index in [0.717, 1.165) is 16.9 Å². The number of carbonyl (C=O) groups is 1. The van der Waals surface area contributed by atoms with Crippen LogP contribution in [0.15, 0.2) is 40.8 Å². The zero-order chi connectivity index (χ0) is 19.9. The second-order valence-corrected chi connectivity index (χ2v) is 7.12. The summed E-state index contributed by atoms with van der Waals surface area (Å²) in [4.78, 5) is 14.2. The van der Waals surface area contributed by atoms with Crippen LogP contribution in [0.5, 0.6) is 5.75 Å². The van der Waals surface area contributed by atoms with Crippen LogP contribution in [0.4, 0.5) is 0 Å². The molecule has 0 saturated carbocycles. The van der Waals surface area contributed by atoms with Crippen molar-refractivity contribution >= 4 is 23.4 Å². The maximum absolute atomic E-state index is 12.0. The first-order chi connectivity index (χ1) is 13.6. The number of esters is 1. The molecule has 3 aromatic rings. The zero-order valence-electron chi connectivity index (χ0n) is 16.1. The van der Waals surface area contributed by atoms with Gasteiger partial charge in [-0.3, -0.25) is 0 Å². The molecule has 0 spiro atoms. The van der Waals surface area contributed by atoms with E-state index in [9.17, 15) is 4.79 Å². The molecule has 2 aromatic heterocycles. The lowest BCUT2D eigenvalue weighted by Gasteiger charge is -2.06. The lowest BCUT2D eigenvalue weighted by atomic mass is 10.2. The molecule has 1 aromatic carbocycles. The van der Waals surface area contributed by atoms with Crippen LogP contribution in [0.25, 0.3) is 16.8 Å². The van der Waals surface area contributed by atoms with Crippen molar-refractivity contribution in [2.45, 2.75) is 33.8 Å². The average molecular weight is 398 g/mol. The molecule has 0 unspecified atom stereocenters. The van der Waals surface area contributed by atoms with Gasteiger partial charge in [0.25, 0.3) is 11.8 Å². The van der Waals surface area contributed by atoms with E-state index in [-0.39, 0.29) is 12.5 Å². The Bertz CT molecular complexity index is 974. The minimum Gasteiger partial charge on any atom is -0.493 e. The lowest BCUT2D eigenvalue weighted by molar-refractivity contribution is -0.139. The van der Waals surface area contributed by atoms with Crippen LogP contribution in [0.2, 0.25) is 0 Å². The van der Waals surface area contributed by atoms with Crippen molar-refractivity contribution in [2.24, 2.45) is 0 Å². The van der Waals surface area contributed by atoms with E-state index in [1.807, 2.05) is 37.3 Å². The van der Waals surface area contributed by atoms with Crippen LogP contribution in [-0.4, -0.2) is 22.8 Å². The summed E-state index contributed by atoms with van der Waals surface area (Å²) < 4.78 is 16.3. The first kappa shape index (κ1) is 19.8. The second kappa shape index (κ2) is 9.32. The van der Waals surface area contributed by atoms with Crippen molar-refractivity contribution in [1.29, 1.82) is 0 Å². The summed E-state index contributed by atoms with van der Waals surface area (Å²) in [7, 11) is 0. The summed E-state index contributed by atoms with van der Waals surface area (Å²) in [6, 6.07) is 9.51. The van der Waals surface area contributed by atoms with Crippen LogP contribution < -0.4 is 4.74 Å². The largest absolute Gasteiger partial charge is 0.493 e. The molecule has 0 amide bonds. The monoisotopic (exact) mass is 398 g/mol. The Balaban J connectivity index is 1.59. The van der Waals surface area contributed by atoms with E-state index in [1.54, 1.807) is 17.4 Å². The molecule has 6 nitrogen and oxygen atoms in total. The fourth-order valence-corrected chi connectivity index (χ4v) is 3.67. The zero-order valence-corrected chi connectivity index (χ0v) is 16.9. The number of thiophene rings is 1. The van der Waals surface area contributed by atoms with E-state index in [0.29, 0.717) is 18.2 Å². The molecule has 0 aliphatic carbocycles. The Hall–Kier alpha value is -2.93. The van der Waals surface area contributed by atoms with E-state index >= 15 is 0 Å². The molecule has 3 rings (SSSR count). The second-order valence-electron chi connectivity index (χ2n) is 5.98. The minimum absolute atomic E-state index is 0.0751. The highest BCUT2D eigenvalue weighted by Gasteiger charge is 2.14. The van der Waals surface area contributed by atoms with E-state index in [4.69, 9.17) is 13.9 Å². The van der Waals surface area contributed by atoms with Gasteiger partial charge in [-0.1, -0.05) is 25.1 Å². The predicted octanol–water partition coefficient (Wildman–Crippen LogP) is 4.82. The summed E-state index contributed by atoms with van der Waals surface area (Å²) in [5.41, 5.74) is 2.02. The molecule has 0 aliphatic heterocycles. The van der Waals surface area contributed by atoms with Gasteiger partial charge < -0.3 is 13.9 Å². The molecule has 0 fully saturated rings. The van der Waals surface area contributed by atoms with Gasteiger partial charge >= 0.3 is 5.97 Å². The standard InChI is InChI=1S/C21H22N2O4S/c1-4-17-14(3)12-18(28-17)21-23-22-19(27-21)13-26-20(24)11-10-15-8-6-7-9-16(15)25-5-2/h6-12H,4-5,13H2,1-3H3/b11-10+. The molecule has 0 saturated heterocycles. The number of ether oxygens (including phenoxy) is 2. The van der Waals surface area contributed by atoms with Crippen LogP contribution in [0.3, 0.4) is 0 Å². The highest BCUT2D eigenvalue weighted by Crippen LogP contribution is 2.30. The molecule has 0 aliphatic rings. The summed E-state index contributed by atoms with van der Waals surface area (Å²) in [6.45, 7) is 6.57. The third kappa shape index (κ3) is 4.86. The molecule has 2 heterocycles. The highest BCUT2D eigenvalue weighted by atomic mass is 32.1. The Morgan fingerprint density at radius 1 is 1.25 bits per heavy atom. The SMILES string of the molecule is CCOc1ccccc1/C=C/C(=O)OCc1nnc(-c2cc(C)c(CC)s2)o1. The van der Waals surface area contributed by atoms with E-state index < -0.39 is 5.97 Å². The van der Waals surface area contributed by atoms with Gasteiger partial charge in [0.1, 0.15) is 5.75 Å². The molecule has 28 heavy (non-hydrogen) atoms. The van der Waals surface area contributed by atoms with Crippen LogP contribution in [-0.2, 0) is 22.6 Å². The molecule has 0 bridgehead atoms. The number of aryl methyl sites for hydroxylation is 2. The molecule has 0 radical (unpaired) electrons. The number of benzene rings is 1. The Labute approximate surface area is 167 Å². The predicted molar refractivity (Wildman–Crippen MR) is 108 cm³/mol. The number of hydrogen-bond acceptors (Lipinski definition) is 7. The normalized spacial score (nSPS) is 11.1. The molecular weight excluding hydrogens is 376 g/mol. The molecule has 0 N–H and O–H groups in total. The maximum Gasteiger partial charge on any atom is 0.331 e. The number of hydrogen-bond donors (Lipinski definition) is 0. The van der Waals surface area contributed by atoms with Crippen molar-refractivity contribution in [3.8, 4) is 16.5 Å². The van der Waals surface area contributed by atoms with Crippen molar-refractivity contribution < 1.29 is 18.7 Å². The van der Waals surface area contributed by atoms with Crippen molar-refractivity contribution in [2.75, 3.05) is 6.61 Å².